The number of nitrogens with zero attached hydrogens (tertiary/aromatic N) is 2. The van der Waals surface area contributed by atoms with Gasteiger partial charge in [-0.1, -0.05) is 13.8 Å². The highest BCUT2D eigenvalue weighted by Crippen LogP contribution is 2.29. The van der Waals surface area contributed by atoms with Crippen LogP contribution in [0.3, 0.4) is 0 Å². The molecule has 0 aliphatic heterocycles. The maximum atomic E-state index is 11.9. The van der Waals surface area contributed by atoms with Crippen molar-refractivity contribution in [3.63, 3.8) is 0 Å². The third-order valence-corrected chi connectivity index (χ3v) is 4.80. The zero-order chi connectivity index (χ0) is 13.6. The number of anilines is 1. The Balaban J connectivity index is 2.63. The van der Waals surface area contributed by atoms with Crippen LogP contribution >= 0.6 is 11.8 Å². The van der Waals surface area contributed by atoms with Crippen molar-refractivity contribution in [3.8, 4) is 0 Å². The number of amides is 1. The molecular formula is C12H20N4OS. The van der Waals surface area contributed by atoms with E-state index in [1.165, 1.54) is 0 Å². The molecule has 5 nitrogen and oxygen atoms in total. The molecule has 0 radical (unpaired) electrons. The van der Waals surface area contributed by atoms with E-state index in [0.717, 1.165) is 12.8 Å². The second-order valence-corrected chi connectivity index (χ2v) is 5.39. The van der Waals surface area contributed by atoms with Gasteiger partial charge in [-0.15, -0.1) is 10.2 Å². The van der Waals surface area contributed by atoms with Gasteiger partial charge in [0.15, 0.2) is 5.69 Å². The summed E-state index contributed by atoms with van der Waals surface area (Å²) in [6.07, 6.45) is 4.10. The van der Waals surface area contributed by atoms with Gasteiger partial charge in [0, 0.05) is 11.3 Å². The molecule has 0 aliphatic rings. The fourth-order valence-electron chi connectivity index (χ4n) is 1.66. The Bertz CT molecular complexity index is 381. The minimum absolute atomic E-state index is 0.0941. The highest BCUT2D eigenvalue weighted by molar-refractivity contribution is 8.00. The van der Waals surface area contributed by atoms with Crippen LogP contribution in [0.25, 0.3) is 0 Å². The van der Waals surface area contributed by atoms with Crippen molar-refractivity contribution in [2.45, 2.75) is 31.4 Å². The van der Waals surface area contributed by atoms with Crippen LogP contribution in [-0.4, -0.2) is 33.7 Å². The second kappa shape index (κ2) is 6.58. The first kappa shape index (κ1) is 14.8. The van der Waals surface area contributed by atoms with E-state index in [9.17, 15) is 4.79 Å². The lowest BCUT2D eigenvalue weighted by molar-refractivity contribution is 0.0943. The molecule has 1 heterocycles. The fourth-order valence-corrected chi connectivity index (χ4v) is 2.45. The summed E-state index contributed by atoms with van der Waals surface area (Å²) < 4.78 is 0.0941. The van der Waals surface area contributed by atoms with Crippen LogP contribution in [0, 0.1) is 0 Å². The lowest BCUT2D eigenvalue weighted by atomic mass is 10.0. The van der Waals surface area contributed by atoms with Crippen molar-refractivity contribution in [2.24, 2.45) is 0 Å². The summed E-state index contributed by atoms with van der Waals surface area (Å²) >= 11 is 1.79. The normalized spacial score (nSPS) is 11.3. The third-order valence-electron chi connectivity index (χ3n) is 3.21. The number of hydrogen-bond donors (Lipinski definition) is 2. The lowest BCUT2D eigenvalue weighted by Crippen LogP contribution is -2.39. The Labute approximate surface area is 112 Å². The number of carbonyl (C=O) groups excluding carboxylic acids is 1. The van der Waals surface area contributed by atoms with Crippen molar-refractivity contribution in [2.75, 3.05) is 18.5 Å². The van der Waals surface area contributed by atoms with Gasteiger partial charge in [0.05, 0.1) is 0 Å². The number of aromatic nitrogens is 2. The topological polar surface area (TPSA) is 80.9 Å². The van der Waals surface area contributed by atoms with Crippen LogP contribution < -0.4 is 11.1 Å². The molecule has 6 heteroatoms. The first-order chi connectivity index (χ1) is 8.56. The van der Waals surface area contributed by atoms with E-state index >= 15 is 0 Å². The van der Waals surface area contributed by atoms with Crippen molar-refractivity contribution in [1.29, 1.82) is 0 Å². The molecule has 0 aliphatic carbocycles. The Kier molecular flexibility index (Phi) is 5.40. The Morgan fingerprint density at radius 1 is 1.39 bits per heavy atom. The van der Waals surface area contributed by atoms with Crippen molar-refractivity contribution in [3.05, 3.63) is 17.8 Å². The van der Waals surface area contributed by atoms with Gasteiger partial charge in [0.25, 0.3) is 5.91 Å². The number of nitrogens with two attached hydrogens (primary N) is 1. The summed E-state index contributed by atoms with van der Waals surface area (Å²) in [4.78, 5) is 11.9. The van der Waals surface area contributed by atoms with Crippen LogP contribution in [0.4, 0.5) is 5.82 Å². The van der Waals surface area contributed by atoms with E-state index in [1.54, 1.807) is 23.9 Å². The van der Waals surface area contributed by atoms with Crippen molar-refractivity contribution in [1.82, 2.24) is 15.5 Å². The molecule has 1 aromatic heterocycles. The van der Waals surface area contributed by atoms with Gasteiger partial charge in [-0.05, 0) is 31.2 Å². The van der Waals surface area contributed by atoms with E-state index in [-0.39, 0.29) is 10.7 Å². The molecule has 1 amide bonds. The van der Waals surface area contributed by atoms with E-state index in [4.69, 9.17) is 5.73 Å². The number of nitrogens with one attached hydrogen (secondary N) is 1. The summed E-state index contributed by atoms with van der Waals surface area (Å²) in [5.41, 5.74) is 5.72. The Morgan fingerprint density at radius 2 is 2.06 bits per heavy atom. The second-order valence-electron chi connectivity index (χ2n) is 4.12. The number of nitrogen functional groups attached to an aromatic ring is 1. The van der Waals surface area contributed by atoms with Crippen LogP contribution in [0.15, 0.2) is 12.1 Å². The fraction of sp³-hybridized carbons (Fsp3) is 0.583. The molecule has 0 saturated carbocycles. The van der Waals surface area contributed by atoms with Crippen LogP contribution in [-0.2, 0) is 0 Å². The lowest BCUT2D eigenvalue weighted by Gasteiger charge is -2.29. The molecule has 1 aromatic rings. The van der Waals surface area contributed by atoms with Gasteiger partial charge in [-0.25, -0.2) is 0 Å². The van der Waals surface area contributed by atoms with E-state index in [2.05, 4.69) is 35.6 Å². The SMILES string of the molecule is CCC(CC)(CNC(=O)c1ccc(N)nn1)SC. The number of carbonyl (C=O) groups is 1. The first-order valence-electron chi connectivity index (χ1n) is 5.99. The largest absolute Gasteiger partial charge is 0.382 e. The maximum absolute atomic E-state index is 11.9. The molecule has 18 heavy (non-hydrogen) atoms. The van der Waals surface area contributed by atoms with E-state index < -0.39 is 0 Å². The highest BCUT2D eigenvalue weighted by Gasteiger charge is 2.25. The zero-order valence-corrected chi connectivity index (χ0v) is 11.9. The van der Waals surface area contributed by atoms with Crippen LogP contribution in [0.1, 0.15) is 37.2 Å². The minimum atomic E-state index is -0.206. The zero-order valence-electron chi connectivity index (χ0n) is 11.1. The number of thioether (sulfide) groups is 1. The standard InChI is InChI=1S/C12H20N4OS/c1-4-12(5-2,18-3)8-14-11(17)9-6-7-10(13)16-15-9/h6-7H,4-5,8H2,1-3H3,(H2,13,16)(H,14,17). The van der Waals surface area contributed by atoms with Gasteiger partial charge in [0.1, 0.15) is 5.82 Å². The van der Waals surface area contributed by atoms with Gasteiger partial charge >= 0.3 is 0 Å². The summed E-state index contributed by atoms with van der Waals surface area (Å²) in [6, 6.07) is 3.15. The quantitative estimate of drug-likeness (QED) is 0.821. The molecule has 0 unspecified atom stereocenters. The molecule has 0 fully saturated rings. The Hall–Kier alpha value is -1.30. The molecule has 0 spiro atoms. The first-order valence-corrected chi connectivity index (χ1v) is 7.22. The number of rotatable bonds is 6. The Morgan fingerprint density at radius 3 is 2.50 bits per heavy atom. The predicted molar refractivity (Wildman–Crippen MR) is 75.6 cm³/mol. The third kappa shape index (κ3) is 3.60. The highest BCUT2D eigenvalue weighted by atomic mass is 32.2. The molecule has 0 atom stereocenters. The molecular weight excluding hydrogens is 248 g/mol. The molecule has 3 N–H and O–H groups in total. The molecule has 0 bridgehead atoms. The van der Waals surface area contributed by atoms with Gasteiger partial charge in [-0.3, -0.25) is 4.79 Å². The van der Waals surface area contributed by atoms with Crippen molar-refractivity contribution < 1.29 is 4.79 Å². The summed E-state index contributed by atoms with van der Waals surface area (Å²) in [7, 11) is 0. The number of hydrogen-bond acceptors (Lipinski definition) is 5. The molecule has 100 valence electrons. The predicted octanol–water partition coefficient (Wildman–Crippen LogP) is 1.71. The molecule has 0 saturated heterocycles. The van der Waals surface area contributed by atoms with Crippen LogP contribution in [0.5, 0.6) is 0 Å². The minimum Gasteiger partial charge on any atom is -0.382 e. The van der Waals surface area contributed by atoms with Crippen LogP contribution in [0.2, 0.25) is 0 Å². The average Bonchev–Trinajstić information content (AvgIpc) is 2.41. The van der Waals surface area contributed by atoms with Crippen molar-refractivity contribution >= 4 is 23.5 Å². The smallest absolute Gasteiger partial charge is 0.271 e. The molecule has 0 aromatic carbocycles. The van der Waals surface area contributed by atoms with Gasteiger partial charge in [-0.2, -0.15) is 11.8 Å². The van der Waals surface area contributed by atoms with E-state index in [1.807, 2.05) is 0 Å². The van der Waals surface area contributed by atoms with Gasteiger partial charge < -0.3 is 11.1 Å². The summed E-state index contributed by atoms with van der Waals surface area (Å²) in [5, 5.41) is 10.3. The average molecular weight is 268 g/mol. The van der Waals surface area contributed by atoms with E-state index in [0.29, 0.717) is 18.1 Å². The summed E-state index contributed by atoms with van der Waals surface area (Å²) in [5.74, 6) is 0.106. The van der Waals surface area contributed by atoms with Gasteiger partial charge in [0.2, 0.25) is 0 Å². The summed E-state index contributed by atoms with van der Waals surface area (Å²) in [6.45, 7) is 4.90. The maximum Gasteiger partial charge on any atom is 0.271 e. The molecule has 1 rings (SSSR count). The monoisotopic (exact) mass is 268 g/mol.